The van der Waals surface area contributed by atoms with E-state index in [1.54, 1.807) is 6.07 Å². The lowest BCUT2D eigenvalue weighted by Gasteiger charge is -2.19. The number of aliphatic hydroxyl groups excluding tert-OH is 1. The van der Waals surface area contributed by atoms with Gasteiger partial charge in [0.1, 0.15) is 11.8 Å². The zero-order valence-electron chi connectivity index (χ0n) is 7.40. The third-order valence-electron chi connectivity index (χ3n) is 2.24. The summed E-state index contributed by atoms with van der Waals surface area (Å²) in [7, 11) is 0. The van der Waals surface area contributed by atoms with Crippen LogP contribution in [-0.2, 0) is 11.3 Å². The van der Waals surface area contributed by atoms with Crippen molar-refractivity contribution in [3.63, 3.8) is 0 Å². The number of aromatic nitrogens is 1. The van der Waals surface area contributed by atoms with Crippen LogP contribution >= 0.6 is 0 Å². The van der Waals surface area contributed by atoms with Gasteiger partial charge in [-0.2, -0.15) is 0 Å². The number of nitrogens with zero attached hydrogens (tertiary/aromatic N) is 1. The Balaban J connectivity index is 2.05. The maximum atomic E-state index is 8.79. The van der Waals surface area contributed by atoms with Gasteiger partial charge in [0, 0.05) is 12.7 Å². The Kier molecular flexibility index (Phi) is 2.61. The highest BCUT2D eigenvalue weighted by atomic mass is 16.5. The van der Waals surface area contributed by atoms with Crippen molar-refractivity contribution in [1.82, 2.24) is 5.16 Å². The third-order valence-corrected chi connectivity index (χ3v) is 2.24. The fourth-order valence-corrected chi connectivity index (χ4v) is 1.52. The van der Waals surface area contributed by atoms with Crippen molar-refractivity contribution in [2.24, 2.45) is 0 Å². The van der Waals surface area contributed by atoms with Crippen LogP contribution in [0.15, 0.2) is 10.6 Å². The van der Waals surface area contributed by atoms with Crippen molar-refractivity contribution in [2.45, 2.75) is 32.0 Å². The second-order valence-corrected chi connectivity index (χ2v) is 3.23. The standard InChI is InChI=1S/C9H13NO3/c11-6-7-5-9(13-10-7)8-3-1-2-4-12-8/h5,8,11H,1-4,6H2. The molecule has 0 radical (unpaired) electrons. The maximum Gasteiger partial charge on any atom is 0.165 e. The minimum absolute atomic E-state index is 0.0431. The number of rotatable bonds is 2. The number of ether oxygens (including phenoxy) is 1. The lowest BCUT2D eigenvalue weighted by Crippen LogP contribution is -2.10. The Labute approximate surface area is 76.5 Å². The van der Waals surface area contributed by atoms with E-state index in [1.807, 2.05) is 0 Å². The number of aliphatic hydroxyl groups is 1. The lowest BCUT2D eigenvalue weighted by molar-refractivity contribution is -0.00140. The van der Waals surface area contributed by atoms with Gasteiger partial charge in [-0.05, 0) is 19.3 Å². The van der Waals surface area contributed by atoms with Crippen LogP contribution in [-0.4, -0.2) is 16.9 Å². The maximum absolute atomic E-state index is 8.79. The monoisotopic (exact) mass is 183 g/mol. The molecule has 1 saturated heterocycles. The molecule has 2 heterocycles. The zero-order chi connectivity index (χ0) is 9.10. The van der Waals surface area contributed by atoms with Gasteiger partial charge in [0.15, 0.2) is 5.76 Å². The van der Waals surface area contributed by atoms with Crippen LogP contribution < -0.4 is 0 Å². The van der Waals surface area contributed by atoms with E-state index in [-0.39, 0.29) is 12.7 Å². The van der Waals surface area contributed by atoms with E-state index in [1.165, 1.54) is 6.42 Å². The van der Waals surface area contributed by atoms with Crippen molar-refractivity contribution in [3.8, 4) is 0 Å². The summed E-state index contributed by atoms with van der Waals surface area (Å²) >= 11 is 0. The average Bonchev–Trinajstić information content (AvgIpc) is 2.67. The van der Waals surface area contributed by atoms with Crippen LogP contribution in [0.25, 0.3) is 0 Å². The van der Waals surface area contributed by atoms with Gasteiger partial charge in [-0.1, -0.05) is 5.16 Å². The Hall–Kier alpha value is -0.870. The summed E-state index contributed by atoms with van der Waals surface area (Å²) < 4.78 is 10.6. The second kappa shape index (κ2) is 3.89. The molecule has 1 aliphatic rings. The Morgan fingerprint density at radius 2 is 2.46 bits per heavy atom. The van der Waals surface area contributed by atoms with Crippen LogP contribution in [0.2, 0.25) is 0 Å². The zero-order valence-corrected chi connectivity index (χ0v) is 7.40. The molecule has 1 aromatic rings. The topological polar surface area (TPSA) is 55.5 Å². The highest BCUT2D eigenvalue weighted by Gasteiger charge is 2.20. The molecule has 0 amide bonds. The first kappa shape index (κ1) is 8.72. The summed E-state index contributed by atoms with van der Waals surface area (Å²) in [6.45, 7) is 0.718. The molecule has 0 aromatic carbocycles. The molecule has 1 fully saturated rings. The van der Waals surface area contributed by atoms with Gasteiger partial charge in [-0.25, -0.2) is 0 Å². The van der Waals surface area contributed by atoms with Gasteiger partial charge in [0.2, 0.25) is 0 Å². The summed E-state index contributed by atoms with van der Waals surface area (Å²) in [6, 6.07) is 1.76. The van der Waals surface area contributed by atoms with Crippen LogP contribution in [0.3, 0.4) is 0 Å². The van der Waals surface area contributed by atoms with Crippen LogP contribution in [0.4, 0.5) is 0 Å². The van der Waals surface area contributed by atoms with Gasteiger partial charge in [-0.3, -0.25) is 0 Å². The Morgan fingerprint density at radius 3 is 3.08 bits per heavy atom. The molecule has 0 aliphatic carbocycles. The highest BCUT2D eigenvalue weighted by molar-refractivity contribution is 5.07. The van der Waals surface area contributed by atoms with Gasteiger partial charge in [-0.15, -0.1) is 0 Å². The van der Waals surface area contributed by atoms with Gasteiger partial charge >= 0.3 is 0 Å². The minimum Gasteiger partial charge on any atom is -0.390 e. The smallest absolute Gasteiger partial charge is 0.165 e. The third kappa shape index (κ3) is 1.89. The SMILES string of the molecule is OCc1cc(C2CCCCO2)on1. The lowest BCUT2D eigenvalue weighted by atomic mass is 10.1. The molecule has 4 heteroatoms. The van der Waals surface area contributed by atoms with Crippen molar-refractivity contribution in [3.05, 3.63) is 17.5 Å². The van der Waals surface area contributed by atoms with E-state index in [2.05, 4.69) is 5.16 Å². The summed E-state index contributed by atoms with van der Waals surface area (Å²) in [5.41, 5.74) is 0.573. The van der Waals surface area contributed by atoms with Crippen LogP contribution in [0, 0.1) is 0 Å². The quantitative estimate of drug-likeness (QED) is 0.753. The molecule has 0 spiro atoms. The van der Waals surface area contributed by atoms with E-state index in [0.717, 1.165) is 25.2 Å². The molecule has 0 bridgehead atoms. The molecule has 1 unspecified atom stereocenters. The van der Waals surface area contributed by atoms with Crippen molar-refractivity contribution < 1.29 is 14.4 Å². The minimum atomic E-state index is -0.0732. The van der Waals surface area contributed by atoms with E-state index in [0.29, 0.717) is 5.69 Å². The second-order valence-electron chi connectivity index (χ2n) is 3.23. The molecule has 72 valence electrons. The fraction of sp³-hybridized carbons (Fsp3) is 0.667. The molecule has 1 atom stereocenters. The molecule has 1 aromatic heterocycles. The van der Waals surface area contributed by atoms with E-state index in [4.69, 9.17) is 14.4 Å². The molecule has 2 rings (SSSR count). The molecule has 4 nitrogen and oxygen atoms in total. The Bertz CT molecular complexity index is 266. The summed E-state index contributed by atoms with van der Waals surface area (Å²) in [6.07, 6.45) is 3.32. The first-order valence-corrected chi connectivity index (χ1v) is 4.58. The van der Waals surface area contributed by atoms with Crippen molar-refractivity contribution in [1.29, 1.82) is 0 Å². The summed E-state index contributed by atoms with van der Waals surface area (Å²) in [5, 5.41) is 12.5. The van der Waals surface area contributed by atoms with Gasteiger partial charge in [0.05, 0.1) is 6.61 Å². The van der Waals surface area contributed by atoms with Gasteiger partial charge in [0.25, 0.3) is 0 Å². The first-order valence-electron chi connectivity index (χ1n) is 4.58. The molecule has 13 heavy (non-hydrogen) atoms. The van der Waals surface area contributed by atoms with Crippen LogP contribution in [0.1, 0.15) is 36.8 Å². The first-order chi connectivity index (χ1) is 6.40. The van der Waals surface area contributed by atoms with Crippen LogP contribution in [0.5, 0.6) is 0 Å². The highest BCUT2D eigenvalue weighted by Crippen LogP contribution is 2.27. The molecular weight excluding hydrogens is 170 g/mol. The largest absolute Gasteiger partial charge is 0.390 e. The molecular formula is C9H13NO3. The van der Waals surface area contributed by atoms with E-state index < -0.39 is 0 Å². The molecule has 1 N–H and O–H groups in total. The predicted octanol–water partition coefficient (Wildman–Crippen LogP) is 1.41. The summed E-state index contributed by atoms with van der Waals surface area (Å²) in [5.74, 6) is 0.740. The Morgan fingerprint density at radius 1 is 1.54 bits per heavy atom. The van der Waals surface area contributed by atoms with E-state index in [9.17, 15) is 0 Å². The normalized spacial score (nSPS) is 23.3. The van der Waals surface area contributed by atoms with E-state index >= 15 is 0 Å². The van der Waals surface area contributed by atoms with Crippen molar-refractivity contribution >= 4 is 0 Å². The van der Waals surface area contributed by atoms with Crippen molar-refractivity contribution in [2.75, 3.05) is 6.61 Å². The summed E-state index contributed by atoms with van der Waals surface area (Å²) in [4.78, 5) is 0. The average molecular weight is 183 g/mol. The number of hydrogen-bond acceptors (Lipinski definition) is 4. The molecule has 1 aliphatic heterocycles. The fourth-order valence-electron chi connectivity index (χ4n) is 1.52. The van der Waals surface area contributed by atoms with Gasteiger partial charge < -0.3 is 14.4 Å². The predicted molar refractivity (Wildman–Crippen MR) is 45.0 cm³/mol. The number of hydrogen-bond donors (Lipinski definition) is 1. The molecule has 0 saturated carbocycles.